The van der Waals surface area contributed by atoms with Crippen LogP contribution >= 0.6 is 0 Å². The topological polar surface area (TPSA) is 67.9 Å². The van der Waals surface area contributed by atoms with Crippen molar-refractivity contribution in [3.63, 3.8) is 0 Å². The molecule has 1 fully saturated rings. The van der Waals surface area contributed by atoms with Crippen molar-refractivity contribution in [2.24, 2.45) is 0 Å². The molecule has 0 radical (unpaired) electrons. The smallest absolute Gasteiger partial charge is 0.242 e. The number of nitrogens with zero attached hydrogens (tertiary/aromatic N) is 1. The number of nitrogens with one attached hydrogen (secondary N) is 1. The van der Waals surface area contributed by atoms with Crippen LogP contribution in [0.5, 0.6) is 5.75 Å². The molecule has 0 aromatic heterocycles. The average molecular weight is 334 g/mol. The molecule has 6 nitrogen and oxygen atoms in total. The highest BCUT2D eigenvalue weighted by atomic mass is 16.5. The van der Waals surface area contributed by atoms with Crippen LogP contribution in [0, 0.1) is 0 Å². The Kier molecular flexibility index (Phi) is 6.61. The van der Waals surface area contributed by atoms with Gasteiger partial charge in [0, 0.05) is 26.6 Å². The van der Waals surface area contributed by atoms with Gasteiger partial charge in [-0.15, -0.1) is 0 Å². The van der Waals surface area contributed by atoms with Crippen LogP contribution in [0.25, 0.3) is 0 Å². The fourth-order valence-corrected chi connectivity index (χ4v) is 2.76. The van der Waals surface area contributed by atoms with Crippen LogP contribution in [0.3, 0.4) is 0 Å². The average Bonchev–Trinajstić information content (AvgIpc) is 3.10. The molecule has 0 unspecified atom stereocenters. The summed E-state index contributed by atoms with van der Waals surface area (Å²) in [6.07, 6.45) is 2.10. The zero-order chi connectivity index (χ0) is 17.5. The lowest BCUT2D eigenvalue weighted by molar-refractivity contribution is -0.139. The third-order valence-corrected chi connectivity index (χ3v) is 4.29. The minimum absolute atomic E-state index is 0.0912. The normalized spacial score (nSPS) is 18.0. The highest BCUT2D eigenvalue weighted by molar-refractivity contribution is 5.86. The molecular formula is C18H26N2O4. The molecular weight excluding hydrogens is 308 g/mol. The Morgan fingerprint density at radius 3 is 2.62 bits per heavy atom. The molecule has 2 amide bonds. The summed E-state index contributed by atoms with van der Waals surface area (Å²) in [4.78, 5) is 25.9. The molecule has 1 aliphatic heterocycles. The zero-order valence-electron chi connectivity index (χ0n) is 14.6. The Morgan fingerprint density at radius 2 is 2.08 bits per heavy atom. The Balaban J connectivity index is 1.94. The maximum atomic E-state index is 12.4. The molecule has 1 heterocycles. The molecule has 1 aromatic carbocycles. The molecule has 0 spiro atoms. The van der Waals surface area contributed by atoms with Gasteiger partial charge in [-0.25, -0.2) is 0 Å². The first-order valence-electron chi connectivity index (χ1n) is 8.30. The number of amides is 2. The maximum Gasteiger partial charge on any atom is 0.242 e. The number of ether oxygens (including phenoxy) is 2. The lowest BCUT2D eigenvalue weighted by Crippen LogP contribution is -2.48. The summed E-state index contributed by atoms with van der Waals surface area (Å²) < 4.78 is 10.6. The third kappa shape index (κ3) is 4.96. The minimum atomic E-state index is -0.536. The SMILES string of the molecule is COc1ccc(CN(C(C)=O)[C@@H](C)C(=O)NC[C@@H]2CCCO2)cc1. The Hall–Kier alpha value is -2.08. The van der Waals surface area contributed by atoms with Gasteiger partial charge in [-0.05, 0) is 37.5 Å². The van der Waals surface area contributed by atoms with Crippen LogP contribution in [0.2, 0.25) is 0 Å². The molecule has 0 aliphatic carbocycles. The third-order valence-electron chi connectivity index (χ3n) is 4.29. The van der Waals surface area contributed by atoms with Gasteiger partial charge in [0.05, 0.1) is 13.2 Å². The summed E-state index contributed by atoms with van der Waals surface area (Å²) in [5.74, 6) is 0.468. The van der Waals surface area contributed by atoms with Gasteiger partial charge in [0.25, 0.3) is 0 Å². The quantitative estimate of drug-likeness (QED) is 0.824. The first kappa shape index (κ1) is 18.3. The van der Waals surface area contributed by atoms with Gasteiger partial charge < -0.3 is 19.7 Å². The summed E-state index contributed by atoms with van der Waals surface area (Å²) in [5.41, 5.74) is 0.949. The van der Waals surface area contributed by atoms with Crippen LogP contribution in [0.4, 0.5) is 0 Å². The van der Waals surface area contributed by atoms with Crippen molar-refractivity contribution in [1.82, 2.24) is 10.2 Å². The highest BCUT2D eigenvalue weighted by Gasteiger charge is 2.25. The summed E-state index contributed by atoms with van der Waals surface area (Å²) in [5, 5.41) is 2.89. The second kappa shape index (κ2) is 8.68. The van der Waals surface area contributed by atoms with Gasteiger partial charge in [-0.3, -0.25) is 9.59 Å². The van der Waals surface area contributed by atoms with Crippen molar-refractivity contribution in [3.8, 4) is 5.75 Å². The Labute approximate surface area is 143 Å². The van der Waals surface area contributed by atoms with Crippen LogP contribution in [-0.2, 0) is 20.9 Å². The standard InChI is InChI=1S/C18H26N2O4/c1-13(18(22)19-11-17-5-4-10-24-17)20(14(2)21)12-15-6-8-16(23-3)9-7-15/h6-9,13,17H,4-5,10-12H2,1-3H3,(H,19,22)/t13-,17-/m0/s1. The number of hydrogen-bond acceptors (Lipinski definition) is 4. The van der Waals surface area contributed by atoms with Crippen molar-refractivity contribution < 1.29 is 19.1 Å². The van der Waals surface area contributed by atoms with E-state index in [1.165, 1.54) is 6.92 Å². The van der Waals surface area contributed by atoms with E-state index in [0.29, 0.717) is 13.1 Å². The predicted molar refractivity (Wildman–Crippen MR) is 90.7 cm³/mol. The van der Waals surface area contributed by atoms with Gasteiger partial charge in [-0.1, -0.05) is 12.1 Å². The van der Waals surface area contributed by atoms with Crippen molar-refractivity contribution >= 4 is 11.8 Å². The first-order valence-corrected chi connectivity index (χ1v) is 8.30. The number of rotatable bonds is 7. The number of carbonyl (C=O) groups is 2. The van der Waals surface area contributed by atoms with Crippen molar-refractivity contribution in [2.45, 2.75) is 45.4 Å². The number of methoxy groups -OCH3 is 1. The van der Waals surface area contributed by atoms with E-state index in [2.05, 4.69) is 5.32 Å². The molecule has 1 aliphatic rings. The molecule has 1 N–H and O–H groups in total. The van der Waals surface area contributed by atoms with E-state index in [9.17, 15) is 9.59 Å². The van der Waals surface area contributed by atoms with Gasteiger partial charge in [0.1, 0.15) is 11.8 Å². The van der Waals surface area contributed by atoms with E-state index < -0.39 is 6.04 Å². The molecule has 6 heteroatoms. The molecule has 24 heavy (non-hydrogen) atoms. The number of hydrogen-bond donors (Lipinski definition) is 1. The fourth-order valence-electron chi connectivity index (χ4n) is 2.76. The summed E-state index contributed by atoms with van der Waals surface area (Å²) in [7, 11) is 1.61. The lowest BCUT2D eigenvalue weighted by atomic mass is 10.1. The molecule has 0 bridgehead atoms. The van der Waals surface area contributed by atoms with Crippen LogP contribution in [0.1, 0.15) is 32.3 Å². The van der Waals surface area contributed by atoms with Gasteiger partial charge in [0.2, 0.25) is 11.8 Å². The van der Waals surface area contributed by atoms with Gasteiger partial charge >= 0.3 is 0 Å². The summed E-state index contributed by atoms with van der Waals surface area (Å²) >= 11 is 0. The molecule has 1 aromatic rings. The van der Waals surface area contributed by atoms with Gasteiger partial charge in [-0.2, -0.15) is 0 Å². The van der Waals surface area contributed by atoms with Crippen LogP contribution in [0.15, 0.2) is 24.3 Å². The minimum Gasteiger partial charge on any atom is -0.497 e. The van der Waals surface area contributed by atoms with E-state index >= 15 is 0 Å². The lowest BCUT2D eigenvalue weighted by Gasteiger charge is -2.28. The van der Waals surface area contributed by atoms with Crippen LogP contribution < -0.4 is 10.1 Å². The van der Waals surface area contributed by atoms with Gasteiger partial charge in [0.15, 0.2) is 0 Å². The largest absolute Gasteiger partial charge is 0.497 e. The summed E-state index contributed by atoms with van der Waals surface area (Å²) in [6, 6.07) is 6.94. The van der Waals surface area contributed by atoms with Crippen LogP contribution in [-0.4, -0.2) is 49.1 Å². The summed E-state index contributed by atoms with van der Waals surface area (Å²) in [6.45, 7) is 4.86. The first-order chi connectivity index (χ1) is 11.5. The van der Waals surface area contributed by atoms with Crippen molar-refractivity contribution in [2.75, 3.05) is 20.3 Å². The molecule has 1 saturated heterocycles. The maximum absolute atomic E-state index is 12.4. The van der Waals surface area contributed by atoms with E-state index in [1.54, 1.807) is 18.9 Å². The predicted octanol–water partition coefficient (Wildman–Crippen LogP) is 1.73. The molecule has 2 rings (SSSR count). The fraction of sp³-hybridized carbons (Fsp3) is 0.556. The monoisotopic (exact) mass is 334 g/mol. The molecule has 2 atom stereocenters. The van der Waals surface area contributed by atoms with E-state index in [0.717, 1.165) is 30.8 Å². The molecule has 132 valence electrons. The number of carbonyl (C=O) groups excluding carboxylic acids is 2. The second-order valence-electron chi connectivity index (χ2n) is 6.05. The highest BCUT2D eigenvalue weighted by Crippen LogP contribution is 2.15. The molecule has 0 saturated carbocycles. The van der Waals surface area contributed by atoms with Crippen molar-refractivity contribution in [3.05, 3.63) is 29.8 Å². The van der Waals surface area contributed by atoms with E-state index in [4.69, 9.17) is 9.47 Å². The number of benzene rings is 1. The zero-order valence-corrected chi connectivity index (χ0v) is 14.6. The van der Waals surface area contributed by atoms with Crippen molar-refractivity contribution in [1.29, 1.82) is 0 Å². The van der Waals surface area contributed by atoms with E-state index in [-0.39, 0.29) is 17.9 Å². The van der Waals surface area contributed by atoms with E-state index in [1.807, 2.05) is 24.3 Å². The Morgan fingerprint density at radius 1 is 1.38 bits per heavy atom. The second-order valence-corrected chi connectivity index (χ2v) is 6.05. The Bertz CT molecular complexity index is 553.